The first-order valence-electron chi connectivity index (χ1n) is 7.49. The molecule has 0 bridgehead atoms. The highest BCUT2D eigenvalue weighted by Gasteiger charge is 2.12. The average Bonchev–Trinajstić information content (AvgIpc) is 3.02. The lowest BCUT2D eigenvalue weighted by molar-refractivity contribution is 0.0696. The molecule has 2 aromatic heterocycles. The summed E-state index contributed by atoms with van der Waals surface area (Å²) < 4.78 is 6.00. The van der Waals surface area contributed by atoms with Gasteiger partial charge in [-0.1, -0.05) is 0 Å². The molecular weight excluding hydrogens is 304 g/mol. The highest BCUT2D eigenvalue weighted by molar-refractivity contribution is 5.97. The Kier molecular flexibility index (Phi) is 3.20. The van der Waals surface area contributed by atoms with Gasteiger partial charge in [-0.3, -0.25) is 4.98 Å². The van der Waals surface area contributed by atoms with Crippen molar-refractivity contribution in [2.75, 3.05) is 0 Å². The molecule has 0 aliphatic carbocycles. The number of aromatic carboxylic acids is 1. The first-order chi connectivity index (χ1) is 11.6. The topological polar surface area (TPSA) is 75.2 Å². The van der Waals surface area contributed by atoms with Crippen LogP contribution in [0.15, 0.2) is 54.9 Å². The summed E-state index contributed by atoms with van der Waals surface area (Å²) in [5.74, 6) is 0.308. The second kappa shape index (κ2) is 5.38. The fourth-order valence-corrected chi connectivity index (χ4v) is 2.81. The summed E-state index contributed by atoms with van der Waals surface area (Å²) in [5.41, 5.74) is 2.67. The van der Waals surface area contributed by atoms with Crippen LogP contribution in [-0.4, -0.2) is 21.0 Å². The third kappa shape index (κ3) is 2.36. The number of nitrogens with one attached hydrogen (secondary N) is 1. The Bertz CT molecular complexity index is 1080. The van der Waals surface area contributed by atoms with Gasteiger partial charge in [-0.05, 0) is 55.0 Å². The molecule has 0 saturated heterocycles. The molecule has 24 heavy (non-hydrogen) atoms. The summed E-state index contributed by atoms with van der Waals surface area (Å²) in [6.07, 6.45) is 3.53. The molecule has 5 nitrogen and oxygen atoms in total. The van der Waals surface area contributed by atoms with Gasteiger partial charge in [0, 0.05) is 28.7 Å². The highest BCUT2D eigenvalue weighted by atomic mass is 16.5. The van der Waals surface area contributed by atoms with Crippen LogP contribution in [0.4, 0.5) is 0 Å². The van der Waals surface area contributed by atoms with Gasteiger partial charge in [0.25, 0.3) is 0 Å². The van der Waals surface area contributed by atoms with Crippen LogP contribution in [0.25, 0.3) is 21.8 Å². The van der Waals surface area contributed by atoms with E-state index in [1.165, 1.54) is 0 Å². The van der Waals surface area contributed by atoms with Crippen molar-refractivity contribution in [3.05, 3.63) is 66.0 Å². The molecule has 0 aliphatic rings. The lowest BCUT2D eigenvalue weighted by atomic mass is 10.0. The molecular formula is C19H14N2O3. The number of aryl methyl sites for hydroxylation is 1. The number of nitrogens with zero attached hydrogens (tertiary/aromatic N) is 1. The van der Waals surface area contributed by atoms with E-state index in [0.29, 0.717) is 28.0 Å². The summed E-state index contributed by atoms with van der Waals surface area (Å²) in [4.78, 5) is 18.8. The molecule has 118 valence electrons. The van der Waals surface area contributed by atoms with Crippen LogP contribution in [0, 0.1) is 6.92 Å². The van der Waals surface area contributed by atoms with Crippen molar-refractivity contribution in [1.82, 2.24) is 9.97 Å². The summed E-state index contributed by atoms with van der Waals surface area (Å²) in [5, 5.41) is 11.1. The van der Waals surface area contributed by atoms with E-state index in [1.807, 2.05) is 30.5 Å². The van der Waals surface area contributed by atoms with Crippen molar-refractivity contribution in [2.45, 2.75) is 6.92 Å². The van der Waals surface area contributed by atoms with Crippen LogP contribution in [-0.2, 0) is 0 Å². The number of hydrogen-bond acceptors (Lipinski definition) is 3. The SMILES string of the molecule is Cc1cc2nccc(Oc3ccc4[nH]ccc4c3)c2cc1C(=O)O. The van der Waals surface area contributed by atoms with Crippen molar-refractivity contribution in [2.24, 2.45) is 0 Å². The predicted octanol–water partition coefficient (Wildman–Crippen LogP) is 4.52. The number of hydrogen-bond donors (Lipinski definition) is 2. The highest BCUT2D eigenvalue weighted by Crippen LogP contribution is 2.31. The number of fused-ring (bicyclic) bond motifs is 2. The normalized spacial score (nSPS) is 11.0. The van der Waals surface area contributed by atoms with Crippen molar-refractivity contribution in [3.63, 3.8) is 0 Å². The Labute approximate surface area is 137 Å². The molecule has 0 spiro atoms. The predicted molar refractivity (Wildman–Crippen MR) is 91.8 cm³/mol. The molecule has 2 heterocycles. The number of aromatic amines is 1. The second-order valence-corrected chi connectivity index (χ2v) is 5.63. The van der Waals surface area contributed by atoms with Crippen LogP contribution in [0.5, 0.6) is 11.5 Å². The van der Waals surface area contributed by atoms with Crippen LogP contribution < -0.4 is 4.74 Å². The zero-order chi connectivity index (χ0) is 16.7. The quantitative estimate of drug-likeness (QED) is 0.582. The van der Waals surface area contributed by atoms with E-state index in [-0.39, 0.29) is 5.56 Å². The Balaban J connectivity index is 1.83. The van der Waals surface area contributed by atoms with Crippen LogP contribution in [0.1, 0.15) is 15.9 Å². The van der Waals surface area contributed by atoms with Crippen LogP contribution in [0.3, 0.4) is 0 Å². The van der Waals surface area contributed by atoms with Crippen molar-refractivity contribution in [3.8, 4) is 11.5 Å². The van der Waals surface area contributed by atoms with Crippen LogP contribution in [0.2, 0.25) is 0 Å². The number of aromatic nitrogens is 2. The summed E-state index contributed by atoms with van der Waals surface area (Å²) >= 11 is 0. The maximum atomic E-state index is 11.4. The van der Waals surface area contributed by atoms with E-state index in [1.54, 1.807) is 31.3 Å². The maximum absolute atomic E-state index is 11.4. The molecule has 5 heteroatoms. The van der Waals surface area contributed by atoms with E-state index in [2.05, 4.69) is 9.97 Å². The third-order valence-corrected chi connectivity index (χ3v) is 4.03. The lowest BCUT2D eigenvalue weighted by Crippen LogP contribution is -2.00. The molecule has 0 amide bonds. The molecule has 0 radical (unpaired) electrons. The summed E-state index contributed by atoms with van der Waals surface area (Å²) in [6, 6.07) is 12.8. The Hall–Kier alpha value is -3.34. The van der Waals surface area contributed by atoms with E-state index < -0.39 is 5.97 Å². The van der Waals surface area contributed by atoms with Gasteiger partial charge in [0.05, 0.1) is 11.1 Å². The van der Waals surface area contributed by atoms with E-state index in [4.69, 9.17) is 4.74 Å². The lowest BCUT2D eigenvalue weighted by Gasteiger charge is -2.10. The minimum atomic E-state index is -0.960. The Morgan fingerprint density at radius 1 is 1.17 bits per heavy atom. The zero-order valence-corrected chi connectivity index (χ0v) is 12.9. The van der Waals surface area contributed by atoms with Gasteiger partial charge in [-0.2, -0.15) is 0 Å². The van der Waals surface area contributed by atoms with Gasteiger partial charge in [0.1, 0.15) is 11.5 Å². The van der Waals surface area contributed by atoms with Gasteiger partial charge < -0.3 is 14.8 Å². The van der Waals surface area contributed by atoms with Crippen molar-refractivity contribution < 1.29 is 14.6 Å². The Morgan fingerprint density at radius 3 is 2.88 bits per heavy atom. The first-order valence-corrected chi connectivity index (χ1v) is 7.49. The molecule has 0 aliphatic heterocycles. The molecule has 0 atom stereocenters. The molecule has 0 fully saturated rings. The number of carboxylic acids is 1. The summed E-state index contributed by atoms with van der Waals surface area (Å²) in [6.45, 7) is 1.76. The fraction of sp³-hybridized carbons (Fsp3) is 0.0526. The molecule has 2 aromatic carbocycles. The fourth-order valence-electron chi connectivity index (χ4n) is 2.81. The van der Waals surface area contributed by atoms with E-state index in [0.717, 1.165) is 10.9 Å². The van der Waals surface area contributed by atoms with Gasteiger partial charge >= 0.3 is 5.97 Å². The third-order valence-electron chi connectivity index (χ3n) is 4.03. The van der Waals surface area contributed by atoms with Gasteiger partial charge in [-0.15, -0.1) is 0 Å². The molecule has 2 N–H and O–H groups in total. The van der Waals surface area contributed by atoms with Crippen molar-refractivity contribution >= 4 is 27.8 Å². The molecule has 4 rings (SSSR count). The molecule has 0 saturated carbocycles. The number of ether oxygens (including phenoxy) is 1. The monoisotopic (exact) mass is 318 g/mol. The van der Waals surface area contributed by atoms with Gasteiger partial charge in [0.2, 0.25) is 0 Å². The number of carboxylic acid groups (broad SMARTS) is 1. The van der Waals surface area contributed by atoms with E-state index in [9.17, 15) is 9.90 Å². The second-order valence-electron chi connectivity index (χ2n) is 5.63. The minimum Gasteiger partial charge on any atom is -0.478 e. The maximum Gasteiger partial charge on any atom is 0.335 e. The number of rotatable bonds is 3. The number of H-pyrrole nitrogens is 1. The Morgan fingerprint density at radius 2 is 2.04 bits per heavy atom. The number of pyridine rings is 1. The largest absolute Gasteiger partial charge is 0.478 e. The number of carbonyl (C=O) groups is 1. The number of benzene rings is 2. The molecule has 0 unspecified atom stereocenters. The molecule has 4 aromatic rings. The summed E-state index contributed by atoms with van der Waals surface area (Å²) in [7, 11) is 0. The van der Waals surface area contributed by atoms with Crippen molar-refractivity contribution in [1.29, 1.82) is 0 Å². The van der Waals surface area contributed by atoms with Gasteiger partial charge in [-0.25, -0.2) is 4.79 Å². The van der Waals surface area contributed by atoms with Crippen LogP contribution >= 0.6 is 0 Å². The minimum absolute atomic E-state index is 0.251. The van der Waals surface area contributed by atoms with Gasteiger partial charge in [0.15, 0.2) is 0 Å². The zero-order valence-electron chi connectivity index (χ0n) is 12.9. The first kappa shape index (κ1) is 14.3. The standard InChI is InChI=1S/C19H14N2O3/c1-11-8-17-15(10-14(11)19(22)23)18(5-7-21-17)24-13-2-3-16-12(9-13)4-6-20-16/h2-10,20H,1H3,(H,22,23). The average molecular weight is 318 g/mol. The van der Waals surface area contributed by atoms with E-state index >= 15 is 0 Å². The smallest absolute Gasteiger partial charge is 0.335 e.